The Morgan fingerprint density at radius 1 is 1.18 bits per heavy atom. The van der Waals surface area contributed by atoms with Gasteiger partial charge in [-0.05, 0) is 37.0 Å². The van der Waals surface area contributed by atoms with Crippen molar-refractivity contribution in [3.8, 4) is 0 Å². The molecule has 2 aromatic carbocycles. The first-order valence-electron chi connectivity index (χ1n) is 13.5. The van der Waals surface area contributed by atoms with E-state index in [-0.39, 0.29) is 36.8 Å². The lowest BCUT2D eigenvalue weighted by molar-refractivity contribution is -0.153. The zero-order chi connectivity index (χ0) is 28.4. The molecule has 0 saturated carbocycles. The molecular formula is C31H33ClN2O5S. The van der Waals surface area contributed by atoms with E-state index in [1.165, 1.54) is 6.08 Å². The number of rotatable bonds is 11. The van der Waals surface area contributed by atoms with Gasteiger partial charge in [0.1, 0.15) is 12.6 Å². The van der Waals surface area contributed by atoms with Crippen molar-refractivity contribution in [1.29, 1.82) is 0 Å². The van der Waals surface area contributed by atoms with Crippen LogP contribution in [-0.4, -0.2) is 69.6 Å². The minimum atomic E-state index is -0.908. The summed E-state index contributed by atoms with van der Waals surface area (Å²) in [5, 5.41) is 10.9. The monoisotopic (exact) mass is 580 g/mol. The van der Waals surface area contributed by atoms with Crippen molar-refractivity contribution in [1.82, 2.24) is 4.90 Å². The molecule has 0 aliphatic carbocycles. The number of benzene rings is 2. The summed E-state index contributed by atoms with van der Waals surface area (Å²) in [4.78, 5) is 45.5. The minimum absolute atomic E-state index is 0.0552. The quantitative estimate of drug-likeness (QED) is 0.315. The average Bonchev–Trinajstić information content (AvgIpc) is 3.61. The number of hydrogen-bond donors (Lipinski definition) is 1. The predicted molar refractivity (Wildman–Crippen MR) is 157 cm³/mol. The van der Waals surface area contributed by atoms with Crippen molar-refractivity contribution in [3.63, 3.8) is 0 Å². The number of fused-ring (bicyclic) bond motifs is 1. The molecule has 3 heterocycles. The molecule has 3 aliphatic rings. The number of amides is 2. The largest absolute Gasteiger partial charge is 0.461 e. The van der Waals surface area contributed by atoms with E-state index in [0.29, 0.717) is 30.0 Å². The van der Waals surface area contributed by atoms with Gasteiger partial charge in [0.05, 0.1) is 39.9 Å². The number of esters is 1. The van der Waals surface area contributed by atoms with Crippen LogP contribution in [0.15, 0.2) is 79.9 Å². The number of nitrogens with zero attached hydrogens (tertiary/aromatic N) is 2. The Labute approximate surface area is 243 Å². The summed E-state index contributed by atoms with van der Waals surface area (Å²) in [6, 6.07) is 15.1. The van der Waals surface area contributed by atoms with Gasteiger partial charge in [0.25, 0.3) is 5.91 Å². The van der Waals surface area contributed by atoms with Crippen molar-refractivity contribution < 1.29 is 24.2 Å². The predicted octanol–water partition coefficient (Wildman–Crippen LogP) is 4.28. The van der Waals surface area contributed by atoms with Crippen LogP contribution in [0.2, 0.25) is 5.02 Å². The number of hydrogen-bond acceptors (Lipinski definition) is 6. The molecule has 210 valence electrons. The number of ether oxygens (including phenoxy) is 1. The number of halogens is 1. The summed E-state index contributed by atoms with van der Waals surface area (Å²) in [6.45, 7) is 7.38. The Balaban J connectivity index is 1.60. The van der Waals surface area contributed by atoms with E-state index in [1.807, 2.05) is 30.3 Å². The maximum absolute atomic E-state index is 14.7. The highest BCUT2D eigenvalue weighted by molar-refractivity contribution is 8.02. The first kappa shape index (κ1) is 28.5. The molecule has 9 heteroatoms. The molecule has 3 aliphatic heterocycles. The fourth-order valence-electron chi connectivity index (χ4n) is 6.66. The van der Waals surface area contributed by atoms with E-state index < -0.39 is 34.6 Å². The first-order valence-corrected chi connectivity index (χ1v) is 14.7. The van der Waals surface area contributed by atoms with E-state index in [2.05, 4.69) is 13.2 Å². The van der Waals surface area contributed by atoms with Gasteiger partial charge < -0.3 is 19.6 Å². The number of carbonyl (C=O) groups is 3. The van der Waals surface area contributed by atoms with Crippen LogP contribution in [0.5, 0.6) is 0 Å². The number of anilines is 1. The standard InChI is InChI=1S/C31H33ClN2O5S/c1-3-16-33(23-13-9-8-12-22(23)32)29(37)27-31-15-14-24(40-31)25(30(38)39-17-4-2)26(31)28(36)34(27)21(19-35)18-20-10-6-5-7-11-20/h3-13,21,24-27,35H,1-2,14-19H2/t21-,24+,25-,26+,27?,31?/m1/s1. The molecule has 0 aromatic heterocycles. The zero-order valence-electron chi connectivity index (χ0n) is 22.2. The van der Waals surface area contributed by atoms with E-state index in [1.54, 1.807) is 51.9 Å². The second kappa shape index (κ2) is 11.8. The number of likely N-dealkylation sites (tertiary alicyclic amines) is 1. The molecule has 1 N–H and O–H groups in total. The molecule has 2 bridgehead atoms. The summed E-state index contributed by atoms with van der Waals surface area (Å²) in [7, 11) is 0. The van der Waals surface area contributed by atoms with Crippen LogP contribution in [0.25, 0.3) is 0 Å². The molecule has 1 spiro atoms. The molecule has 2 aromatic rings. The van der Waals surface area contributed by atoms with Crippen molar-refractivity contribution >= 4 is 46.8 Å². The van der Waals surface area contributed by atoms with Gasteiger partial charge >= 0.3 is 5.97 Å². The number of para-hydroxylation sites is 1. The molecule has 3 fully saturated rings. The second-order valence-corrected chi connectivity index (χ2v) is 12.4. The lowest BCUT2D eigenvalue weighted by Gasteiger charge is -2.39. The van der Waals surface area contributed by atoms with Gasteiger partial charge in [0.2, 0.25) is 5.91 Å². The summed E-state index contributed by atoms with van der Waals surface area (Å²) in [6.07, 6.45) is 4.78. The fraction of sp³-hybridized carbons (Fsp3) is 0.387. The highest BCUT2D eigenvalue weighted by atomic mass is 35.5. The highest BCUT2D eigenvalue weighted by Gasteiger charge is 2.74. The Morgan fingerprint density at radius 2 is 1.90 bits per heavy atom. The molecule has 7 nitrogen and oxygen atoms in total. The Morgan fingerprint density at radius 3 is 2.58 bits per heavy atom. The molecule has 2 amide bonds. The third kappa shape index (κ3) is 4.76. The summed E-state index contributed by atoms with van der Waals surface area (Å²) in [5.41, 5.74) is 1.45. The van der Waals surface area contributed by atoms with Crippen LogP contribution >= 0.6 is 23.4 Å². The fourth-order valence-corrected chi connectivity index (χ4v) is 9.09. The topological polar surface area (TPSA) is 87.2 Å². The summed E-state index contributed by atoms with van der Waals surface area (Å²) < 4.78 is 4.62. The number of aliphatic hydroxyl groups excluding tert-OH is 1. The van der Waals surface area contributed by atoms with Gasteiger partial charge in [-0.25, -0.2) is 0 Å². The molecule has 5 rings (SSSR count). The van der Waals surface area contributed by atoms with E-state index >= 15 is 0 Å². The highest BCUT2D eigenvalue weighted by Crippen LogP contribution is 2.67. The minimum Gasteiger partial charge on any atom is -0.461 e. The van der Waals surface area contributed by atoms with Gasteiger partial charge in [0.15, 0.2) is 0 Å². The van der Waals surface area contributed by atoms with Crippen LogP contribution < -0.4 is 4.90 Å². The van der Waals surface area contributed by atoms with Crippen LogP contribution in [0.1, 0.15) is 18.4 Å². The van der Waals surface area contributed by atoms with Crippen molar-refractivity contribution in [2.24, 2.45) is 11.8 Å². The van der Waals surface area contributed by atoms with Crippen LogP contribution in [0.4, 0.5) is 5.69 Å². The Hall–Kier alpha value is -3.07. The normalized spacial score (nSPS) is 27.2. The maximum atomic E-state index is 14.7. The van der Waals surface area contributed by atoms with Crippen molar-refractivity contribution in [2.75, 3.05) is 24.7 Å². The molecule has 3 saturated heterocycles. The third-order valence-electron chi connectivity index (χ3n) is 8.23. The first-order chi connectivity index (χ1) is 19.4. The van der Waals surface area contributed by atoms with Gasteiger partial charge in [-0.15, -0.1) is 18.3 Å². The molecule has 0 radical (unpaired) electrons. The third-order valence-corrected chi connectivity index (χ3v) is 10.5. The van der Waals surface area contributed by atoms with Gasteiger partial charge in [-0.2, -0.15) is 0 Å². The second-order valence-electron chi connectivity index (χ2n) is 10.4. The van der Waals surface area contributed by atoms with E-state index in [4.69, 9.17) is 16.3 Å². The smallest absolute Gasteiger partial charge is 0.311 e. The molecular weight excluding hydrogens is 548 g/mol. The lowest BCUT2D eigenvalue weighted by Crippen LogP contribution is -2.58. The Kier molecular flexibility index (Phi) is 8.40. The molecule has 40 heavy (non-hydrogen) atoms. The van der Waals surface area contributed by atoms with E-state index in [9.17, 15) is 19.5 Å². The maximum Gasteiger partial charge on any atom is 0.311 e. The number of thioether (sulfide) groups is 1. The van der Waals surface area contributed by atoms with Crippen LogP contribution in [0, 0.1) is 11.8 Å². The van der Waals surface area contributed by atoms with Crippen molar-refractivity contribution in [3.05, 3.63) is 90.5 Å². The number of aliphatic hydroxyl groups is 1. The molecule has 2 unspecified atom stereocenters. The lowest BCUT2D eigenvalue weighted by atomic mass is 9.71. The summed E-state index contributed by atoms with van der Waals surface area (Å²) >= 11 is 8.10. The van der Waals surface area contributed by atoms with Crippen LogP contribution in [0.3, 0.4) is 0 Å². The number of carbonyl (C=O) groups excluding carboxylic acids is 3. The van der Waals surface area contributed by atoms with Crippen molar-refractivity contribution in [2.45, 2.75) is 41.3 Å². The SMILES string of the molecule is C=CCOC(=O)[C@@H]1[C@@H]2CCC3(S2)C(C(=O)N(CC=C)c2ccccc2Cl)N([C@@H](CO)Cc2ccccc2)C(=O)[C@H]13. The zero-order valence-corrected chi connectivity index (χ0v) is 23.7. The molecule has 6 atom stereocenters. The van der Waals surface area contributed by atoms with Gasteiger partial charge in [0, 0.05) is 11.8 Å². The van der Waals surface area contributed by atoms with Crippen LogP contribution in [-0.2, 0) is 25.5 Å². The van der Waals surface area contributed by atoms with Gasteiger partial charge in [-0.1, -0.05) is 72.8 Å². The Bertz CT molecular complexity index is 1310. The van der Waals surface area contributed by atoms with E-state index in [0.717, 1.165) is 5.56 Å². The van der Waals surface area contributed by atoms with Gasteiger partial charge in [-0.3, -0.25) is 14.4 Å². The average molecular weight is 581 g/mol. The summed E-state index contributed by atoms with van der Waals surface area (Å²) in [5.74, 6) is -2.44.